The number of aryl methyl sites for hydroxylation is 2. The molecule has 0 unspecified atom stereocenters. The molecule has 5 nitrogen and oxygen atoms in total. The van der Waals surface area contributed by atoms with Gasteiger partial charge >= 0.3 is 5.97 Å². The molecular weight excluding hydrogens is 266 g/mol. The van der Waals surface area contributed by atoms with Crippen LogP contribution in [0.5, 0.6) is 5.75 Å². The van der Waals surface area contributed by atoms with E-state index in [4.69, 9.17) is 4.74 Å². The van der Waals surface area contributed by atoms with E-state index < -0.39 is 10.9 Å². The van der Waals surface area contributed by atoms with Gasteiger partial charge in [0, 0.05) is 15.8 Å². The summed E-state index contributed by atoms with van der Waals surface area (Å²) >= 11 is 1.51. The number of nitrogens with zero attached hydrogens (tertiary/aromatic N) is 1. The van der Waals surface area contributed by atoms with E-state index in [1.807, 2.05) is 13.8 Å². The Morgan fingerprint density at radius 2 is 2.05 bits per heavy atom. The lowest BCUT2D eigenvalue weighted by molar-refractivity contribution is -0.384. The molecule has 19 heavy (non-hydrogen) atoms. The third kappa shape index (κ3) is 2.97. The van der Waals surface area contributed by atoms with Crippen molar-refractivity contribution in [2.45, 2.75) is 13.8 Å². The SMILES string of the molecule is Cc1cc(C(=O)Oc2cccc([N+](=O)[O-])c2)c(C)s1. The van der Waals surface area contributed by atoms with Gasteiger partial charge in [0.1, 0.15) is 5.75 Å². The van der Waals surface area contributed by atoms with Gasteiger partial charge < -0.3 is 4.74 Å². The quantitative estimate of drug-likeness (QED) is 0.372. The van der Waals surface area contributed by atoms with Crippen molar-refractivity contribution < 1.29 is 14.5 Å². The molecule has 98 valence electrons. The highest BCUT2D eigenvalue weighted by atomic mass is 32.1. The molecule has 0 aliphatic rings. The molecule has 1 aromatic heterocycles. The van der Waals surface area contributed by atoms with E-state index in [1.165, 1.54) is 35.6 Å². The first kappa shape index (κ1) is 13.2. The highest BCUT2D eigenvalue weighted by Crippen LogP contribution is 2.24. The highest BCUT2D eigenvalue weighted by Gasteiger charge is 2.15. The molecule has 2 aromatic rings. The first-order valence-corrected chi connectivity index (χ1v) is 6.32. The normalized spacial score (nSPS) is 10.2. The predicted octanol–water partition coefficient (Wildman–Crippen LogP) is 3.49. The maximum atomic E-state index is 11.9. The number of esters is 1. The van der Waals surface area contributed by atoms with E-state index in [0.717, 1.165) is 9.75 Å². The number of benzene rings is 1. The number of nitro benzene ring substituents is 1. The van der Waals surface area contributed by atoms with Crippen molar-refractivity contribution in [3.05, 3.63) is 55.8 Å². The molecular formula is C13H11NO4S. The highest BCUT2D eigenvalue weighted by molar-refractivity contribution is 7.12. The molecule has 2 rings (SSSR count). The number of non-ortho nitro benzene ring substituents is 1. The van der Waals surface area contributed by atoms with Crippen LogP contribution in [0.3, 0.4) is 0 Å². The maximum absolute atomic E-state index is 11.9. The fourth-order valence-electron chi connectivity index (χ4n) is 1.66. The molecule has 0 spiro atoms. The Hall–Kier alpha value is -2.21. The molecule has 1 heterocycles. The van der Waals surface area contributed by atoms with Gasteiger partial charge in [0.25, 0.3) is 5.69 Å². The van der Waals surface area contributed by atoms with Crippen molar-refractivity contribution in [2.75, 3.05) is 0 Å². The standard InChI is InChI=1S/C13H11NO4S/c1-8-6-12(9(2)19-8)13(15)18-11-5-3-4-10(7-11)14(16)17/h3-7H,1-2H3. The van der Waals surface area contributed by atoms with Crippen molar-refractivity contribution in [2.24, 2.45) is 0 Å². The summed E-state index contributed by atoms with van der Waals surface area (Å²) in [6.07, 6.45) is 0. The fraction of sp³-hybridized carbons (Fsp3) is 0.154. The van der Waals surface area contributed by atoms with Gasteiger partial charge in [0.05, 0.1) is 16.6 Å². The first-order chi connectivity index (χ1) is 8.97. The molecule has 1 aromatic carbocycles. The maximum Gasteiger partial charge on any atom is 0.344 e. The molecule has 0 radical (unpaired) electrons. The molecule has 0 saturated heterocycles. The Balaban J connectivity index is 2.21. The predicted molar refractivity (Wildman–Crippen MR) is 71.8 cm³/mol. The second-order valence-corrected chi connectivity index (χ2v) is 5.43. The molecule has 0 aliphatic heterocycles. The second kappa shape index (κ2) is 5.19. The third-order valence-electron chi connectivity index (χ3n) is 2.50. The summed E-state index contributed by atoms with van der Waals surface area (Å²) in [5.74, 6) is -0.329. The molecule has 6 heteroatoms. The van der Waals surface area contributed by atoms with Crippen LogP contribution >= 0.6 is 11.3 Å². The topological polar surface area (TPSA) is 69.4 Å². The summed E-state index contributed by atoms with van der Waals surface area (Å²) in [4.78, 5) is 23.9. The van der Waals surface area contributed by atoms with Gasteiger partial charge in [0.2, 0.25) is 0 Å². The summed E-state index contributed by atoms with van der Waals surface area (Å²) in [7, 11) is 0. The zero-order valence-corrected chi connectivity index (χ0v) is 11.2. The van der Waals surface area contributed by atoms with Crippen LogP contribution in [0, 0.1) is 24.0 Å². The second-order valence-electron chi connectivity index (χ2n) is 3.97. The molecule has 0 aliphatic carbocycles. The van der Waals surface area contributed by atoms with E-state index in [1.54, 1.807) is 6.07 Å². The minimum atomic E-state index is -0.530. The van der Waals surface area contributed by atoms with Crippen LogP contribution in [0.15, 0.2) is 30.3 Å². The zero-order valence-electron chi connectivity index (χ0n) is 10.4. The van der Waals surface area contributed by atoms with Gasteiger partial charge in [-0.1, -0.05) is 6.07 Å². The molecule has 0 N–H and O–H groups in total. The van der Waals surface area contributed by atoms with Crippen LogP contribution in [-0.4, -0.2) is 10.9 Å². The smallest absolute Gasteiger partial charge is 0.344 e. The Morgan fingerprint density at radius 3 is 2.63 bits per heavy atom. The van der Waals surface area contributed by atoms with Crippen molar-refractivity contribution >= 4 is 23.0 Å². The van der Waals surface area contributed by atoms with E-state index in [2.05, 4.69) is 0 Å². The van der Waals surface area contributed by atoms with Gasteiger partial charge in [-0.15, -0.1) is 11.3 Å². The van der Waals surface area contributed by atoms with Gasteiger partial charge in [-0.25, -0.2) is 4.79 Å². The fourth-order valence-corrected chi connectivity index (χ4v) is 2.57. The minimum absolute atomic E-state index is 0.108. The number of thiophene rings is 1. The van der Waals surface area contributed by atoms with Crippen molar-refractivity contribution in [1.29, 1.82) is 0 Å². The van der Waals surface area contributed by atoms with Crippen molar-refractivity contribution in [3.63, 3.8) is 0 Å². The minimum Gasteiger partial charge on any atom is -0.423 e. The molecule has 0 bridgehead atoms. The van der Waals surface area contributed by atoms with Crippen LogP contribution in [0.4, 0.5) is 5.69 Å². The number of carbonyl (C=O) groups is 1. The Kier molecular flexibility index (Phi) is 3.62. The molecule has 0 fully saturated rings. The summed E-state index contributed by atoms with van der Waals surface area (Å²) in [6.45, 7) is 3.74. The average molecular weight is 277 g/mol. The van der Waals surface area contributed by atoms with Gasteiger partial charge in [0.15, 0.2) is 0 Å². The van der Waals surface area contributed by atoms with Crippen molar-refractivity contribution in [1.82, 2.24) is 0 Å². The van der Waals surface area contributed by atoms with Crippen LogP contribution in [-0.2, 0) is 0 Å². The summed E-state index contributed by atoms with van der Waals surface area (Å²) in [5.41, 5.74) is 0.387. The Morgan fingerprint density at radius 1 is 1.32 bits per heavy atom. The molecule has 0 atom stereocenters. The molecule has 0 saturated carbocycles. The monoisotopic (exact) mass is 277 g/mol. The summed E-state index contributed by atoms with van der Waals surface area (Å²) in [5, 5.41) is 10.6. The summed E-state index contributed by atoms with van der Waals surface area (Å²) in [6, 6.07) is 7.31. The van der Waals surface area contributed by atoms with E-state index >= 15 is 0 Å². The number of nitro groups is 1. The van der Waals surface area contributed by atoms with E-state index in [9.17, 15) is 14.9 Å². The Labute approximate surface area is 113 Å². The average Bonchev–Trinajstić information content (AvgIpc) is 2.69. The number of hydrogen-bond acceptors (Lipinski definition) is 5. The third-order valence-corrected chi connectivity index (χ3v) is 3.47. The lowest BCUT2D eigenvalue weighted by Crippen LogP contribution is -2.08. The Bertz CT molecular complexity index is 648. The van der Waals surface area contributed by atoms with Crippen LogP contribution in [0.1, 0.15) is 20.1 Å². The summed E-state index contributed by atoms with van der Waals surface area (Å²) < 4.78 is 5.15. The van der Waals surface area contributed by atoms with Gasteiger partial charge in [-0.3, -0.25) is 10.1 Å². The van der Waals surface area contributed by atoms with Gasteiger partial charge in [-0.05, 0) is 26.0 Å². The number of ether oxygens (including phenoxy) is 1. The van der Waals surface area contributed by atoms with Crippen molar-refractivity contribution in [3.8, 4) is 5.75 Å². The van der Waals surface area contributed by atoms with Crippen LogP contribution in [0.2, 0.25) is 0 Å². The zero-order chi connectivity index (χ0) is 14.0. The van der Waals surface area contributed by atoms with Crippen LogP contribution in [0.25, 0.3) is 0 Å². The van der Waals surface area contributed by atoms with Crippen LogP contribution < -0.4 is 4.74 Å². The number of carbonyl (C=O) groups excluding carboxylic acids is 1. The van der Waals surface area contributed by atoms with E-state index in [0.29, 0.717) is 5.56 Å². The van der Waals surface area contributed by atoms with E-state index in [-0.39, 0.29) is 11.4 Å². The largest absolute Gasteiger partial charge is 0.423 e. The van der Waals surface area contributed by atoms with Gasteiger partial charge in [-0.2, -0.15) is 0 Å². The lowest BCUT2D eigenvalue weighted by Gasteiger charge is -2.03. The first-order valence-electron chi connectivity index (χ1n) is 5.51. The molecule has 0 amide bonds. The number of rotatable bonds is 3. The lowest BCUT2D eigenvalue weighted by atomic mass is 10.2. The number of hydrogen-bond donors (Lipinski definition) is 0.